The summed E-state index contributed by atoms with van der Waals surface area (Å²) in [6.45, 7) is 5.26. The molecule has 2 aromatic carbocycles. The molecule has 1 aliphatic rings. The highest BCUT2D eigenvalue weighted by Gasteiger charge is 2.32. The van der Waals surface area contributed by atoms with Gasteiger partial charge in [0.1, 0.15) is 12.1 Å². The van der Waals surface area contributed by atoms with Gasteiger partial charge in [0.15, 0.2) is 0 Å². The van der Waals surface area contributed by atoms with Crippen molar-refractivity contribution in [1.82, 2.24) is 10.6 Å². The van der Waals surface area contributed by atoms with Crippen LogP contribution in [0.4, 0.5) is 4.79 Å². The molecule has 0 aliphatic heterocycles. The number of carboxylic acids is 1. The topological polar surface area (TPSA) is 105 Å². The van der Waals surface area contributed by atoms with E-state index in [-0.39, 0.29) is 31.4 Å². The van der Waals surface area contributed by atoms with Crippen LogP contribution in [0.15, 0.2) is 48.5 Å². The third-order valence-electron chi connectivity index (χ3n) is 5.46. The Morgan fingerprint density at radius 1 is 1.03 bits per heavy atom. The Kier molecular flexibility index (Phi) is 6.63. The lowest BCUT2D eigenvalue weighted by Gasteiger charge is -2.26. The van der Waals surface area contributed by atoms with Crippen LogP contribution in [0.3, 0.4) is 0 Å². The van der Waals surface area contributed by atoms with Gasteiger partial charge in [0.25, 0.3) is 0 Å². The maximum atomic E-state index is 12.4. The fourth-order valence-electron chi connectivity index (χ4n) is 3.80. The number of ether oxygens (including phenoxy) is 1. The molecule has 3 rings (SSSR count). The van der Waals surface area contributed by atoms with Gasteiger partial charge in [0.05, 0.1) is 0 Å². The number of hydrogen-bond donors (Lipinski definition) is 3. The van der Waals surface area contributed by atoms with Gasteiger partial charge in [0.2, 0.25) is 5.91 Å². The molecule has 2 amide bonds. The molecular formula is C24H28N2O5. The largest absolute Gasteiger partial charge is 0.481 e. The van der Waals surface area contributed by atoms with Crippen molar-refractivity contribution < 1.29 is 24.2 Å². The standard InChI is InChI=1S/C24H28N2O5/c1-15(12-21(27)28)13-25-22(29)24(2,3)26-23(30)31-14-20-18-10-6-4-8-16(18)17-9-5-7-11-19(17)20/h4-11,15,20H,12-14H2,1-3H3,(H,25,29)(H,26,30)(H,27,28). The molecule has 1 unspecified atom stereocenters. The van der Waals surface area contributed by atoms with E-state index in [9.17, 15) is 14.4 Å². The molecule has 2 aromatic rings. The predicted octanol–water partition coefficient (Wildman–Crippen LogP) is 3.53. The van der Waals surface area contributed by atoms with Gasteiger partial charge in [-0.15, -0.1) is 0 Å². The van der Waals surface area contributed by atoms with E-state index >= 15 is 0 Å². The summed E-state index contributed by atoms with van der Waals surface area (Å²) >= 11 is 0. The lowest BCUT2D eigenvalue weighted by Crippen LogP contribution is -2.55. The number of aliphatic carboxylic acids is 1. The van der Waals surface area contributed by atoms with Crippen LogP contribution in [-0.4, -0.2) is 41.8 Å². The number of nitrogens with one attached hydrogen (secondary N) is 2. The van der Waals surface area contributed by atoms with Crippen molar-refractivity contribution in [2.45, 2.75) is 38.6 Å². The molecule has 0 saturated heterocycles. The Hall–Kier alpha value is -3.35. The van der Waals surface area contributed by atoms with Crippen LogP contribution < -0.4 is 10.6 Å². The van der Waals surface area contributed by atoms with Crippen molar-refractivity contribution in [2.75, 3.05) is 13.2 Å². The molecule has 3 N–H and O–H groups in total. The Morgan fingerprint density at radius 2 is 1.58 bits per heavy atom. The molecule has 31 heavy (non-hydrogen) atoms. The second-order valence-corrected chi connectivity index (χ2v) is 8.49. The summed E-state index contributed by atoms with van der Waals surface area (Å²) in [7, 11) is 0. The highest BCUT2D eigenvalue weighted by molar-refractivity contribution is 5.89. The van der Waals surface area contributed by atoms with Crippen LogP contribution in [0.2, 0.25) is 0 Å². The fourth-order valence-corrected chi connectivity index (χ4v) is 3.80. The van der Waals surface area contributed by atoms with Crippen LogP contribution in [0.25, 0.3) is 11.1 Å². The molecule has 0 spiro atoms. The van der Waals surface area contributed by atoms with E-state index in [1.165, 1.54) is 0 Å². The molecule has 164 valence electrons. The van der Waals surface area contributed by atoms with Gasteiger partial charge in [-0.25, -0.2) is 4.79 Å². The van der Waals surface area contributed by atoms with Crippen molar-refractivity contribution in [3.8, 4) is 11.1 Å². The van der Waals surface area contributed by atoms with Gasteiger partial charge >= 0.3 is 12.1 Å². The normalized spacial score (nSPS) is 13.6. The minimum Gasteiger partial charge on any atom is -0.481 e. The highest BCUT2D eigenvalue weighted by Crippen LogP contribution is 2.44. The lowest BCUT2D eigenvalue weighted by atomic mass is 9.98. The van der Waals surface area contributed by atoms with E-state index in [0.717, 1.165) is 22.3 Å². The molecule has 0 radical (unpaired) electrons. The van der Waals surface area contributed by atoms with Crippen molar-refractivity contribution >= 4 is 18.0 Å². The van der Waals surface area contributed by atoms with E-state index in [0.29, 0.717) is 0 Å². The van der Waals surface area contributed by atoms with E-state index < -0.39 is 23.5 Å². The zero-order valence-corrected chi connectivity index (χ0v) is 18.0. The minimum atomic E-state index is -1.20. The first-order valence-corrected chi connectivity index (χ1v) is 10.3. The first-order valence-electron chi connectivity index (χ1n) is 10.3. The molecule has 0 saturated carbocycles. The summed E-state index contributed by atoms with van der Waals surface area (Å²) in [4.78, 5) is 35.6. The van der Waals surface area contributed by atoms with E-state index in [2.05, 4.69) is 22.8 Å². The zero-order chi connectivity index (χ0) is 22.6. The Morgan fingerprint density at radius 3 is 2.13 bits per heavy atom. The number of carbonyl (C=O) groups excluding carboxylic acids is 2. The van der Waals surface area contributed by atoms with Crippen LogP contribution >= 0.6 is 0 Å². The van der Waals surface area contributed by atoms with Crippen LogP contribution in [0.1, 0.15) is 44.2 Å². The summed E-state index contributed by atoms with van der Waals surface area (Å²) in [5, 5.41) is 14.1. The SMILES string of the molecule is CC(CNC(=O)C(C)(C)NC(=O)OCC1c2ccccc2-c2ccccc21)CC(=O)O. The van der Waals surface area contributed by atoms with Gasteiger partial charge in [-0.3, -0.25) is 9.59 Å². The maximum Gasteiger partial charge on any atom is 0.408 e. The summed E-state index contributed by atoms with van der Waals surface area (Å²) in [6, 6.07) is 16.1. The van der Waals surface area contributed by atoms with Crippen molar-refractivity contribution in [2.24, 2.45) is 5.92 Å². The number of alkyl carbamates (subject to hydrolysis) is 1. The molecule has 7 nitrogen and oxygen atoms in total. The third-order valence-corrected chi connectivity index (χ3v) is 5.46. The lowest BCUT2D eigenvalue weighted by molar-refractivity contribution is -0.138. The summed E-state index contributed by atoms with van der Waals surface area (Å²) in [5.74, 6) is -1.60. The van der Waals surface area contributed by atoms with Crippen LogP contribution in [-0.2, 0) is 14.3 Å². The average molecular weight is 424 g/mol. The Balaban J connectivity index is 1.57. The molecular weight excluding hydrogens is 396 g/mol. The number of fused-ring (bicyclic) bond motifs is 3. The Bertz CT molecular complexity index is 940. The first-order chi connectivity index (χ1) is 14.7. The molecule has 7 heteroatoms. The summed E-state index contributed by atoms with van der Waals surface area (Å²) < 4.78 is 5.50. The van der Waals surface area contributed by atoms with Crippen molar-refractivity contribution in [3.63, 3.8) is 0 Å². The predicted molar refractivity (Wildman–Crippen MR) is 117 cm³/mol. The second kappa shape index (κ2) is 9.20. The number of benzene rings is 2. The van der Waals surface area contributed by atoms with Gasteiger partial charge in [-0.1, -0.05) is 55.5 Å². The molecule has 0 aromatic heterocycles. The van der Waals surface area contributed by atoms with Crippen LogP contribution in [0.5, 0.6) is 0 Å². The smallest absolute Gasteiger partial charge is 0.408 e. The van der Waals surface area contributed by atoms with Gasteiger partial charge < -0.3 is 20.5 Å². The highest BCUT2D eigenvalue weighted by atomic mass is 16.5. The van der Waals surface area contributed by atoms with Gasteiger partial charge in [-0.05, 0) is 42.0 Å². The molecule has 1 atom stereocenters. The van der Waals surface area contributed by atoms with E-state index in [4.69, 9.17) is 9.84 Å². The molecule has 0 fully saturated rings. The minimum absolute atomic E-state index is 0.0412. The number of hydrogen-bond acceptors (Lipinski definition) is 4. The summed E-state index contributed by atoms with van der Waals surface area (Å²) in [6.07, 6.45) is -0.721. The molecule has 0 bridgehead atoms. The van der Waals surface area contributed by atoms with E-state index in [1.54, 1.807) is 20.8 Å². The number of carbonyl (C=O) groups is 3. The zero-order valence-electron chi connectivity index (χ0n) is 18.0. The summed E-state index contributed by atoms with van der Waals surface area (Å²) in [5.41, 5.74) is 3.30. The van der Waals surface area contributed by atoms with Gasteiger partial charge in [-0.2, -0.15) is 0 Å². The molecule has 1 aliphatic carbocycles. The maximum absolute atomic E-state index is 12.4. The fraction of sp³-hybridized carbons (Fsp3) is 0.375. The van der Waals surface area contributed by atoms with Gasteiger partial charge in [0, 0.05) is 18.9 Å². The Labute approximate surface area is 181 Å². The number of rotatable bonds is 8. The number of carboxylic acid groups (broad SMARTS) is 1. The second-order valence-electron chi connectivity index (χ2n) is 8.49. The van der Waals surface area contributed by atoms with E-state index in [1.807, 2.05) is 36.4 Å². The molecule has 0 heterocycles. The third kappa shape index (κ3) is 5.23. The van der Waals surface area contributed by atoms with Crippen molar-refractivity contribution in [3.05, 3.63) is 59.7 Å². The van der Waals surface area contributed by atoms with Crippen molar-refractivity contribution in [1.29, 1.82) is 0 Å². The van der Waals surface area contributed by atoms with Crippen LogP contribution in [0, 0.1) is 5.92 Å². The average Bonchev–Trinajstić information content (AvgIpc) is 3.03. The first kappa shape index (κ1) is 22.3. The monoisotopic (exact) mass is 424 g/mol. The number of amides is 2. The quantitative estimate of drug-likeness (QED) is 0.601.